The molecule has 0 saturated heterocycles. The van der Waals surface area contributed by atoms with E-state index in [1.165, 1.54) is 0 Å². The lowest BCUT2D eigenvalue weighted by Gasteiger charge is -2.07. The van der Waals surface area contributed by atoms with E-state index in [4.69, 9.17) is 4.74 Å². The largest absolute Gasteiger partial charge is 0.372 e. The van der Waals surface area contributed by atoms with Crippen LogP contribution >= 0.6 is 0 Å². The minimum Gasteiger partial charge on any atom is -0.372 e. The van der Waals surface area contributed by atoms with E-state index in [-0.39, 0.29) is 35.7 Å². The van der Waals surface area contributed by atoms with Crippen LogP contribution in [0.1, 0.15) is 11.1 Å². The van der Waals surface area contributed by atoms with Crippen molar-refractivity contribution in [2.75, 3.05) is 0 Å². The number of nitro groups is 2. The van der Waals surface area contributed by atoms with Crippen LogP contribution in [0.25, 0.3) is 0 Å². The van der Waals surface area contributed by atoms with Crippen LogP contribution in [-0.4, -0.2) is 9.85 Å². The van der Waals surface area contributed by atoms with Crippen LogP contribution in [0.5, 0.6) is 0 Å². The molecule has 0 aliphatic rings. The zero-order valence-corrected chi connectivity index (χ0v) is 11.6. The van der Waals surface area contributed by atoms with Gasteiger partial charge in [-0.15, -0.1) is 0 Å². The average molecular weight is 324 g/mol. The molecule has 120 valence electrons. The van der Waals surface area contributed by atoms with Crippen LogP contribution in [0.15, 0.2) is 36.4 Å². The van der Waals surface area contributed by atoms with Gasteiger partial charge in [0.2, 0.25) is 0 Å². The third-order valence-corrected chi connectivity index (χ3v) is 3.00. The van der Waals surface area contributed by atoms with Gasteiger partial charge in [0.15, 0.2) is 0 Å². The Morgan fingerprint density at radius 2 is 1.22 bits per heavy atom. The Bertz CT molecular complexity index is 703. The number of nitro benzene ring substituents is 2. The Morgan fingerprint density at radius 1 is 0.826 bits per heavy atom. The predicted octanol–water partition coefficient (Wildman–Crippen LogP) is 3.50. The van der Waals surface area contributed by atoms with Crippen LogP contribution in [0, 0.1) is 31.9 Å². The van der Waals surface area contributed by atoms with E-state index in [0.717, 1.165) is 36.4 Å². The van der Waals surface area contributed by atoms with Crippen molar-refractivity contribution in [2.24, 2.45) is 0 Å². The Balaban J connectivity index is 2.08. The monoisotopic (exact) mass is 324 g/mol. The van der Waals surface area contributed by atoms with Gasteiger partial charge >= 0.3 is 0 Å². The Hall–Kier alpha value is -2.94. The number of hydrogen-bond acceptors (Lipinski definition) is 5. The van der Waals surface area contributed by atoms with Gasteiger partial charge in [0, 0.05) is 35.4 Å². The second-order valence-corrected chi connectivity index (χ2v) is 4.56. The normalized spacial score (nSPS) is 10.5. The molecule has 0 bridgehead atoms. The highest BCUT2D eigenvalue weighted by Gasteiger charge is 2.13. The van der Waals surface area contributed by atoms with E-state index in [0.29, 0.717) is 0 Å². The molecule has 0 aromatic heterocycles. The number of ether oxygens (including phenoxy) is 1. The molecule has 0 aliphatic carbocycles. The molecule has 2 aromatic rings. The van der Waals surface area contributed by atoms with E-state index < -0.39 is 21.5 Å². The molecule has 2 rings (SSSR count). The summed E-state index contributed by atoms with van der Waals surface area (Å²) in [6, 6.07) is 5.92. The maximum atomic E-state index is 13.5. The smallest absolute Gasteiger partial charge is 0.269 e. The Labute approximate surface area is 128 Å². The van der Waals surface area contributed by atoms with Gasteiger partial charge in [-0.1, -0.05) is 0 Å². The topological polar surface area (TPSA) is 95.5 Å². The maximum Gasteiger partial charge on any atom is 0.269 e. The molecule has 23 heavy (non-hydrogen) atoms. The van der Waals surface area contributed by atoms with Crippen molar-refractivity contribution in [2.45, 2.75) is 13.2 Å². The number of hydrogen-bond donors (Lipinski definition) is 0. The number of non-ortho nitro benzene ring substituents is 2. The molecule has 0 radical (unpaired) electrons. The summed E-state index contributed by atoms with van der Waals surface area (Å²) in [7, 11) is 0. The fourth-order valence-corrected chi connectivity index (χ4v) is 1.84. The molecule has 2 aromatic carbocycles. The second kappa shape index (κ2) is 6.88. The Kier molecular flexibility index (Phi) is 4.91. The summed E-state index contributed by atoms with van der Waals surface area (Å²) in [5.41, 5.74) is -0.729. The van der Waals surface area contributed by atoms with Crippen molar-refractivity contribution < 1.29 is 23.4 Å². The lowest BCUT2D eigenvalue weighted by Crippen LogP contribution is -2.01. The van der Waals surface area contributed by atoms with Crippen molar-refractivity contribution in [3.8, 4) is 0 Å². The molecular weight excluding hydrogens is 314 g/mol. The van der Waals surface area contributed by atoms with Gasteiger partial charge in [0.05, 0.1) is 23.1 Å². The van der Waals surface area contributed by atoms with Crippen molar-refractivity contribution in [1.82, 2.24) is 0 Å². The van der Waals surface area contributed by atoms with Crippen LogP contribution in [0.3, 0.4) is 0 Å². The lowest BCUT2D eigenvalue weighted by atomic mass is 10.2. The van der Waals surface area contributed by atoms with E-state index in [1.54, 1.807) is 0 Å². The van der Waals surface area contributed by atoms with Gasteiger partial charge in [-0.2, -0.15) is 0 Å². The highest BCUT2D eigenvalue weighted by atomic mass is 19.1. The van der Waals surface area contributed by atoms with E-state index in [9.17, 15) is 29.0 Å². The van der Waals surface area contributed by atoms with Gasteiger partial charge < -0.3 is 4.74 Å². The van der Waals surface area contributed by atoms with Crippen LogP contribution in [0.4, 0.5) is 20.2 Å². The van der Waals surface area contributed by atoms with Gasteiger partial charge in [-0.3, -0.25) is 20.2 Å². The van der Waals surface area contributed by atoms with E-state index >= 15 is 0 Å². The standard InChI is InChI=1S/C14H10F2N2O5/c15-13-3-1-11(17(19)20)5-9(13)7-23-8-10-6-12(18(21)22)2-4-14(10)16/h1-6H,7-8H2. The summed E-state index contributed by atoms with van der Waals surface area (Å²) in [6.45, 7) is -0.675. The SMILES string of the molecule is O=[N+]([O-])c1ccc(F)c(COCc2cc([N+](=O)[O-])ccc2F)c1. The van der Waals surface area contributed by atoms with Gasteiger partial charge in [-0.05, 0) is 12.1 Å². The molecular formula is C14H10F2N2O5. The summed E-state index contributed by atoms with van der Waals surface area (Å²) < 4.78 is 32.2. The fraction of sp³-hybridized carbons (Fsp3) is 0.143. The van der Waals surface area contributed by atoms with Crippen LogP contribution in [-0.2, 0) is 18.0 Å². The first kappa shape index (κ1) is 16.4. The molecule has 0 N–H and O–H groups in total. The summed E-state index contributed by atoms with van der Waals surface area (Å²) in [6.07, 6.45) is 0. The molecule has 0 aliphatic heterocycles. The third-order valence-electron chi connectivity index (χ3n) is 3.00. The summed E-state index contributed by atoms with van der Waals surface area (Å²) in [5, 5.41) is 21.3. The van der Waals surface area contributed by atoms with Crippen molar-refractivity contribution in [1.29, 1.82) is 0 Å². The van der Waals surface area contributed by atoms with Gasteiger partial charge in [0.1, 0.15) is 11.6 Å². The summed E-state index contributed by atoms with van der Waals surface area (Å²) >= 11 is 0. The zero-order valence-electron chi connectivity index (χ0n) is 11.6. The number of benzene rings is 2. The maximum absolute atomic E-state index is 13.5. The molecule has 0 heterocycles. The van der Waals surface area contributed by atoms with Gasteiger partial charge in [-0.25, -0.2) is 8.78 Å². The molecule has 7 nitrogen and oxygen atoms in total. The summed E-state index contributed by atoms with van der Waals surface area (Å²) in [4.78, 5) is 19.9. The minimum atomic E-state index is -0.699. The molecule has 0 spiro atoms. The molecule has 0 amide bonds. The number of rotatable bonds is 6. The lowest BCUT2D eigenvalue weighted by molar-refractivity contribution is -0.385. The Morgan fingerprint density at radius 3 is 1.57 bits per heavy atom. The molecule has 0 fully saturated rings. The first-order chi connectivity index (χ1) is 10.9. The second-order valence-electron chi connectivity index (χ2n) is 4.56. The molecule has 0 saturated carbocycles. The minimum absolute atomic E-state index is 0.0648. The first-order valence-corrected chi connectivity index (χ1v) is 6.32. The van der Waals surface area contributed by atoms with E-state index in [2.05, 4.69) is 0 Å². The highest BCUT2D eigenvalue weighted by molar-refractivity contribution is 5.36. The fourth-order valence-electron chi connectivity index (χ4n) is 1.84. The van der Waals surface area contributed by atoms with Crippen LogP contribution in [0.2, 0.25) is 0 Å². The zero-order chi connectivity index (χ0) is 17.0. The van der Waals surface area contributed by atoms with Crippen molar-refractivity contribution in [3.05, 3.63) is 79.4 Å². The predicted molar refractivity (Wildman–Crippen MR) is 74.6 cm³/mol. The van der Waals surface area contributed by atoms with Crippen molar-refractivity contribution >= 4 is 11.4 Å². The average Bonchev–Trinajstić information content (AvgIpc) is 2.50. The van der Waals surface area contributed by atoms with Gasteiger partial charge in [0.25, 0.3) is 11.4 Å². The molecule has 0 atom stereocenters. The number of nitrogens with zero attached hydrogens (tertiary/aromatic N) is 2. The van der Waals surface area contributed by atoms with E-state index in [1.807, 2.05) is 0 Å². The van der Waals surface area contributed by atoms with Crippen molar-refractivity contribution in [3.63, 3.8) is 0 Å². The van der Waals surface area contributed by atoms with Crippen LogP contribution < -0.4 is 0 Å². The first-order valence-electron chi connectivity index (χ1n) is 6.32. The number of halogens is 2. The molecule has 9 heteroatoms. The summed E-state index contributed by atoms with van der Waals surface area (Å²) in [5.74, 6) is -1.40. The third kappa shape index (κ3) is 4.04. The highest BCUT2D eigenvalue weighted by Crippen LogP contribution is 2.20. The molecule has 0 unspecified atom stereocenters. The quantitative estimate of drug-likeness (QED) is 0.598.